The molecular weight excluding hydrogens is 540 g/mol. The van der Waals surface area contributed by atoms with E-state index >= 15 is 0 Å². The Morgan fingerprint density at radius 3 is 2.26 bits per heavy atom. The van der Waals surface area contributed by atoms with Crippen LogP contribution < -0.4 is 22.1 Å². The molecule has 1 saturated heterocycles. The highest BCUT2D eigenvalue weighted by Gasteiger charge is 2.37. The van der Waals surface area contributed by atoms with Gasteiger partial charge < -0.3 is 21.7 Å². The number of nitrogens with one attached hydrogen (secondary N) is 2. The van der Waals surface area contributed by atoms with Crippen LogP contribution in [0.4, 0.5) is 0 Å². The minimum atomic E-state index is -0.663. The maximum Gasteiger partial charge on any atom is 0.271 e. The van der Waals surface area contributed by atoms with Gasteiger partial charge in [0.2, 0.25) is 5.91 Å². The Morgan fingerprint density at radius 2 is 1.63 bits per heavy atom. The van der Waals surface area contributed by atoms with Crippen molar-refractivity contribution in [3.63, 3.8) is 0 Å². The summed E-state index contributed by atoms with van der Waals surface area (Å²) in [5.41, 5.74) is 15.4. The fourth-order valence-electron chi connectivity index (χ4n) is 5.61. The van der Waals surface area contributed by atoms with Crippen molar-refractivity contribution >= 4 is 28.8 Å². The lowest BCUT2D eigenvalue weighted by Crippen LogP contribution is -2.54. The summed E-state index contributed by atoms with van der Waals surface area (Å²) in [6.45, 7) is 3.25. The molecule has 3 atom stereocenters. The van der Waals surface area contributed by atoms with Gasteiger partial charge in [-0.3, -0.25) is 19.9 Å². The first-order valence-corrected chi connectivity index (χ1v) is 14.7. The standard InChI is InChI=1S/C33H38N8O2/c1-2-26(40-33(34)35)30-32(43)41(21-25(22-11-5-3-6-12-22)23-13-7-4-8-14-23)18-17-24(38-30)19-37-31(42)29-20-36-27-15-9-10-16-28(27)39-29/h3-16,20,24-26,30,38H,2,17-19,21H2,1H3,(H,37,42)(H4,34,35,40)/t24-,26?,30-/m0/s1. The van der Waals surface area contributed by atoms with Gasteiger partial charge in [0.25, 0.3) is 5.91 Å². The van der Waals surface area contributed by atoms with Crippen LogP contribution in [0, 0.1) is 0 Å². The van der Waals surface area contributed by atoms with Crippen molar-refractivity contribution < 1.29 is 9.59 Å². The highest BCUT2D eigenvalue weighted by Crippen LogP contribution is 2.27. The number of fused-ring (bicyclic) bond motifs is 1. The fraction of sp³-hybridized carbons (Fsp3) is 0.303. The van der Waals surface area contributed by atoms with Gasteiger partial charge in [-0.15, -0.1) is 0 Å². The smallest absolute Gasteiger partial charge is 0.271 e. The molecule has 2 heterocycles. The zero-order valence-electron chi connectivity index (χ0n) is 24.3. The number of aliphatic imine (C=N–C) groups is 1. The van der Waals surface area contributed by atoms with Gasteiger partial charge in [-0.25, -0.2) is 9.98 Å². The number of aromatic nitrogens is 2. The molecule has 1 aromatic heterocycles. The van der Waals surface area contributed by atoms with E-state index in [1.807, 2.05) is 72.5 Å². The number of guanidine groups is 1. The minimum Gasteiger partial charge on any atom is -0.370 e. The van der Waals surface area contributed by atoms with Gasteiger partial charge in [-0.2, -0.15) is 0 Å². The Labute approximate surface area is 251 Å². The van der Waals surface area contributed by atoms with Gasteiger partial charge in [-0.1, -0.05) is 79.7 Å². The number of amides is 2. The van der Waals surface area contributed by atoms with E-state index in [2.05, 4.69) is 49.9 Å². The number of hydrogen-bond acceptors (Lipinski definition) is 6. The SMILES string of the molecule is CCC(N=C(N)N)[C@@H]1N[C@H](CNC(=O)c2cnc3ccccc3n2)CCN(CC(c2ccccc2)c2ccccc2)C1=O. The zero-order valence-corrected chi connectivity index (χ0v) is 24.3. The minimum absolute atomic E-state index is 0.0158. The number of carbonyl (C=O) groups is 2. The Bertz CT molecular complexity index is 1520. The monoisotopic (exact) mass is 578 g/mol. The molecule has 10 heteroatoms. The third-order valence-corrected chi connectivity index (χ3v) is 7.86. The number of para-hydroxylation sites is 2. The predicted octanol–water partition coefficient (Wildman–Crippen LogP) is 2.80. The first kappa shape index (κ1) is 29.7. The Hall–Kier alpha value is -4.83. The molecular formula is C33H38N8O2. The van der Waals surface area contributed by atoms with Crippen LogP contribution in [0.3, 0.4) is 0 Å². The van der Waals surface area contributed by atoms with Crippen molar-refractivity contribution in [1.29, 1.82) is 0 Å². The summed E-state index contributed by atoms with van der Waals surface area (Å²) >= 11 is 0. The summed E-state index contributed by atoms with van der Waals surface area (Å²) in [4.78, 5) is 42.3. The number of nitrogens with two attached hydrogens (primary N) is 2. The molecule has 10 nitrogen and oxygen atoms in total. The maximum absolute atomic E-state index is 14.2. The topological polar surface area (TPSA) is 152 Å². The number of benzene rings is 3. The van der Waals surface area contributed by atoms with Crippen molar-refractivity contribution in [2.24, 2.45) is 16.5 Å². The normalized spacial score (nSPS) is 17.8. The van der Waals surface area contributed by atoms with Crippen LogP contribution in [-0.2, 0) is 4.79 Å². The molecule has 1 aliphatic rings. The van der Waals surface area contributed by atoms with Crippen LogP contribution in [0.2, 0.25) is 0 Å². The number of rotatable bonds is 10. The van der Waals surface area contributed by atoms with Crippen LogP contribution in [0.1, 0.15) is 47.3 Å². The van der Waals surface area contributed by atoms with E-state index < -0.39 is 12.1 Å². The van der Waals surface area contributed by atoms with Gasteiger partial charge in [0.1, 0.15) is 11.7 Å². The molecule has 43 heavy (non-hydrogen) atoms. The highest BCUT2D eigenvalue weighted by molar-refractivity contribution is 5.93. The molecule has 0 radical (unpaired) electrons. The van der Waals surface area contributed by atoms with Crippen LogP contribution in [-0.4, -0.2) is 70.4 Å². The highest BCUT2D eigenvalue weighted by atomic mass is 16.2. The van der Waals surface area contributed by atoms with E-state index in [-0.39, 0.29) is 35.4 Å². The van der Waals surface area contributed by atoms with Crippen molar-refractivity contribution in [3.05, 3.63) is 108 Å². The molecule has 4 aromatic rings. The largest absolute Gasteiger partial charge is 0.370 e. The van der Waals surface area contributed by atoms with Crippen LogP contribution in [0.25, 0.3) is 11.0 Å². The molecule has 1 fully saturated rings. The summed E-state index contributed by atoms with van der Waals surface area (Å²) in [5, 5.41) is 6.46. The third-order valence-electron chi connectivity index (χ3n) is 7.86. The summed E-state index contributed by atoms with van der Waals surface area (Å²) in [7, 11) is 0. The van der Waals surface area contributed by atoms with E-state index in [0.717, 1.165) is 16.6 Å². The van der Waals surface area contributed by atoms with Gasteiger partial charge in [0, 0.05) is 31.6 Å². The quantitative estimate of drug-likeness (QED) is 0.167. The van der Waals surface area contributed by atoms with Gasteiger partial charge in [-0.05, 0) is 36.1 Å². The molecule has 5 rings (SSSR count). The Morgan fingerprint density at radius 1 is 1.00 bits per heavy atom. The first-order chi connectivity index (χ1) is 20.9. The first-order valence-electron chi connectivity index (χ1n) is 14.7. The fourth-order valence-corrected chi connectivity index (χ4v) is 5.61. The molecule has 1 unspecified atom stereocenters. The second-order valence-electron chi connectivity index (χ2n) is 10.8. The van der Waals surface area contributed by atoms with Gasteiger partial charge >= 0.3 is 0 Å². The molecule has 0 spiro atoms. The van der Waals surface area contributed by atoms with E-state index in [0.29, 0.717) is 38.0 Å². The second kappa shape index (κ2) is 13.9. The predicted molar refractivity (Wildman–Crippen MR) is 168 cm³/mol. The molecule has 3 aromatic carbocycles. The summed E-state index contributed by atoms with van der Waals surface area (Å²) in [6, 6.07) is 26.5. The van der Waals surface area contributed by atoms with E-state index in [4.69, 9.17) is 11.5 Å². The maximum atomic E-state index is 14.2. The lowest BCUT2D eigenvalue weighted by molar-refractivity contribution is -0.133. The van der Waals surface area contributed by atoms with Crippen molar-refractivity contribution in [2.75, 3.05) is 19.6 Å². The van der Waals surface area contributed by atoms with Crippen molar-refractivity contribution in [1.82, 2.24) is 25.5 Å². The molecule has 0 aliphatic carbocycles. The molecule has 222 valence electrons. The average molecular weight is 579 g/mol. The lowest BCUT2D eigenvalue weighted by Gasteiger charge is -2.31. The third kappa shape index (κ3) is 7.34. The molecule has 1 aliphatic heterocycles. The molecule has 0 saturated carbocycles. The van der Waals surface area contributed by atoms with Crippen molar-refractivity contribution in [2.45, 2.75) is 43.8 Å². The number of hydrogen-bond donors (Lipinski definition) is 4. The van der Waals surface area contributed by atoms with E-state index in [1.54, 1.807) is 0 Å². The Balaban J connectivity index is 1.37. The molecule has 0 bridgehead atoms. The van der Waals surface area contributed by atoms with Gasteiger partial charge in [0.15, 0.2) is 5.96 Å². The summed E-state index contributed by atoms with van der Waals surface area (Å²) < 4.78 is 0. The van der Waals surface area contributed by atoms with Gasteiger partial charge in [0.05, 0.1) is 23.3 Å². The van der Waals surface area contributed by atoms with E-state index in [9.17, 15) is 9.59 Å². The van der Waals surface area contributed by atoms with Crippen molar-refractivity contribution in [3.8, 4) is 0 Å². The number of nitrogens with zero attached hydrogens (tertiary/aromatic N) is 4. The van der Waals surface area contributed by atoms with Crippen LogP contribution in [0.5, 0.6) is 0 Å². The summed E-state index contributed by atoms with van der Waals surface area (Å²) in [5.74, 6) is -0.474. The molecule has 2 amide bonds. The van der Waals surface area contributed by atoms with E-state index in [1.165, 1.54) is 6.20 Å². The van der Waals surface area contributed by atoms with Crippen LogP contribution >= 0.6 is 0 Å². The summed E-state index contributed by atoms with van der Waals surface area (Å²) in [6.07, 6.45) is 2.66. The Kier molecular flexibility index (Phi) is 9.58. The molecule has 6 N–H and O–H groups in total. The van der Waals surface area contributed by atoms with Crippen LogP contribution in [0.15, 0.2) is 96.1 Å². The average Bonchev–Trinajstić information content (AvgIpc) is 3.19. The number of carbonyl (C=O) groups excluding carboxylic acids is 2. The zero-order chi connectivity index (χ0) is 30.2. The lowest BCUT2D eigenvalue weighted by atomic mass is 9.90. The second-order valence-corrected chi connectivity index (χ2v) is 10.8.